The monoisotopic (exact) mass is 1230 g/mol. The molecule has 16 nitrogen and oxygen atoms in total. The van der Waals surface area contributed by atoms with Crippen molar-refractivity contribution in [2.24, 2.45) is 0 Å². The van der Waals surface area contributed by atoms with E-state index >= 15 is 4.57 Å². The van der Waals surface area contributed by atoms with E-state index in [2.05, 4.69) is 5.32 Å². The smallest absolute Gasteiger partial charge is 0.407 e. The van der Waals surface area contributed by atoms with Crippen molar-refractivity contribution in [3.63, 3.8) is 0 Å². The number of carbonyl (C=O) groups excluding carboxylic acids is 1. The van der Waals surface area contributed by atoms with Gasteiger partial charge in [-0.05, 0) is 44.5 Å². The second kappa shape index (κ2) is 34.7. The van der Waals surface area contributed by atoms with E-state index in [1.807, 2.05) is 243 Å². The summed E-state index contributed by atoms with van der Waals surface area (Å²) in [6.45, 7) is 0.583. The van der Waals surface area contributed by atoms with Gasteiger partial charge in [-0.2, -0.15) is 0 Å². The maximum absolute atomic E-state index is 15.4. The highest BCUT2D eigenvalue weighted by molar-refractivity contribution is 7.53. The summed E-state index contributed by atoms with van der Waals surface area (Å²) in [6.07, 6.45) is -11.1. The largest absolute Gasteiger partial charge is 0.445 e. The summed E-state index contributed by atoms with van der Waals surface area (Å²) < 4.78 is 104. The van der Waals surface area contributed by atoms with Crippen molar-refractivity contribution in [3.05, 3.63) is 287 Å². The molecule has 2 aliphatic rings. The van der Waals surface area contributed by atoms with Crippen LogP contribution >= 0.6 is 7.60 Å². The molecule has 466 valence electrons. The van der Waals surface area contributed by atoms with E-state index in [0.29, 0.717) is 0 Å². The van der Waals surface area contributed by atoms with Gasteiger partial charge in [0.1, 0.15) is 55.4 Å². The fraction of sp³-hybridized carbons (Fsp3) is 0.319. The van der Waals surface area contributed by atoms with Crippen molar-refractivity contribution in [1.82, 2.24) is 5.32 Å². The molecule has 10 rings (SSSR count). The summed E-state index contributed by atoms with van der Waals surface area (Å²) in [7, 11) is -2.63. The molecule has 8 aromatic carbocycles. The molecule has 11 atom stereocenters. The minimum Gasteiger partial charge on any atom is -0.445 e. The Morgan fingerprint density at radius 3 is 1.15 bits per heavy atom. The molecule has 8 aromatic rings. The van der Waals surface area contributed by atoms with E-state index in [-0.39, 0.29) is 72.2 Å². The summed E-state index contributed by atoms with van der Waals surface area (Å²) in [6, 6.07) is 77.7. The molecular weight excluding hydrogens is 1150 g/mol. The van der Waals surface area contributed by atoms with Crippen LogP contribution in [0.2, 0.25) is 0 Å². The van der Waals surface area contributed by atoms with Gasteiger partial charge in [-0.3, -0.25) is 4.57 Å². The van der Waals surface area contributed by atoms with Crippen molar-refractivity contribution >= 4 is 13.7 Å². The van der Waals surface area contributed by atoms with Gasteiger partial charge in [-0.25, -0.2) is 4.79 Å². The highest BCUT2D eigenvalue weighted by Gasteiger charge is 2.55. The molecule has 1 N–H and O–H groups in total. The van der Waals surface area contributed by atoms with Gasteiger partial charge >= 0.3 is 13.7 Å². The number of amides is 1. The summed E-state index contributed by atoms with van der Waals surface area (Å²) in [4.78, 5) is 13.1. The van der Waals surface area contributed by atoms with Crippen molar-refractivity contribution in [3.8, 4) is 0 Å². The zero-order chi connectivity index (χ0) is 61.1. The van der Waals surface area contributed by atoms with Crippen molar-refractivity contribution in [1.29, 1.82) is 0 Å². The molecule has 2 saturated heterocycles. The Kier molecular flexibility index (Phi) is 25.2. The molecule has 0 spiro atoms. The minimum absolute atomic E-state index is 0.0432. The van der Waals surface area contributed by atoms with Gasteiger partial charge < -0.3 is 66.5 Å². The van der Waals surface area contributed by atoms with Gasteiger partial charge in [0.15, 0.2) is 12.6 Å². The number of rotatable bonds is 33. The normalized spacial score (nSPS) is 22.4. The first-order valence-electron chi connectivity index (χ1n) is 30.1. The molecule has 17 heteroatoms. The molecule has 2 heterocycles. The number of hydrogen-bond donors (Lipinski definition) is 1. The Morgan fingerprint density at radius 1 is 0.382 bits per heavy atom. The maximum Gasteiger partial charge on any atom is 0.407 e. The fourth-order valence-corrected chi connectivity index (χ4v) is 11.9. The molecule has 0 saturated carbocycles. The topological polar surface area (TPSA) is 166 Å². The number of benzene rings is 8. The van der Waals surface area contributed by atoms with Crippen molar-refractivity contribution in [2.75, 3.05) is 33.0 Å². The van der Waals surface area contributed by atoms with E-state index in [0.717, 1.165) is 44.5 Å². The van der Waals surface area contributed by atoms with E-state index in [4.69, 9.17) is 61.2 Å². The molecule has 1 amide bonds. The van der Waals surface area contributed by atoms with Gasteiger partial charge in [0.2, 0.25) is 0 Å². The van der Waals surface area contributed by atoms with Crippen LogP contribution in [0.1, 0.15) is 44.5 Å². The number of methoxy groups -OCH3 is 1. The highest BCUT2D eigenvalue weighted by Crippen LogP contribution is 2.49. The lowest BCUT2D eigenvalue weighted by molar-refractivity contribution is -0.375. The zero-order valence-electron chi connectivity index (χ0n) is 49.9. The Hall–Kier alpha value is -7.22. The van der Waals surface area contributed by atoms with E-state index in [9.17, 15) is 4.79 Å². The Balaban J connectivity index is 1.03. The van der Waals surface area contributed by atoms with Gasteiger partial charge in [0.25, 0.3) is 0 Å². The average Bonchev–Trinajstić information content (AvgIpc) is 1.92. The first-order chi connectivity index (χ1) is 43.8. The third kappa shape index (κ3) is 20.1. The summed E-state index contributed by atoms with van der Waals surface area (Å²) in [5.74, 6) is 0. The van der Waals surface area contributed by atoms with Crippen LogP contribution in [0, 0.1) is 0 Å². The highest BCUT2D eigenvalue weighted by atomic mass is 31.2. The van der Waals surface area contributed by atoms with Gasteiger partial charge in [0, 0.05) is 13.7 Å². The lowest BCUT2D eigenvalue weighted by Gasteiger charge is -2.50. The lowest BCUT2D eigenvalue weighted by atomic mass is 9.95. The first-order valence-corrected chi connectivity index (χ1v) is 31.8. The van der Waals surface area contributed by atoms with Crippen LogP contribution in [0.4, 0.5) is 4.79 Å². The second-order valence-electron chi connectivity index (χ2n) is 21.6. The summed E-state index contributed by atoms with van der Waals surface area (Å²) in [5, 5.41) is 2.73. The Labute approximate surface area is 521 Å². The van der Waals surface area contributed by atoms with Crippen LogP contribution < -0.4 is 5.32 Å². The quantitative estimate of drug-likeness (QED) is 0.0386. The van der Waals surface area contributed by atoms with Crippen molar-refractivity contribution < 1.29 is 70.5 Å². The molecule has 0 aliphatic carbocycles. The molecule has 2 fully saturated rings. The predicted octanol–water partition coefficient (Wildman–Crippen LogP) is 13.0. The Morgan fingerprint density at radius 2 is 0.719 bits per heavy atom. The Bertz CT molecular complexity index is 3300. The van der Waals surface area contributed by atoms with Crippen LogP contribution in [-0.4, -0.2) is 101 Å². The van der Waals surface area contributed by atoms with E-state index in [1.54, 1.807) is 0 Å². The van der Waals surface area contributed by atoms with Crippen LogP contribution in [0.15, 0.2) is 243 Å². The molecule has 0 bridgehead atoms. The maximum atomic E-state index is 15.4. The van der Waals surface area contributed by atoms with E-state index < -0.39 is 81.7 Å². The molecular formula is C72H78NO15P. The fourth-order valence-electron chi connectivity index (χ4n) is 10.4. The van der Waals surface area contributed by atoms with Gasteiger partial charge in [-0.15, -0.1) is 0 Å². The number of alkyl carbamates (subject to hydrolysis) is 1. The standard InChI is InChI=1S/C72H78NO15P/c1-76-70-68(81-48-58-34-18-6-19-35-58)67(80-47-57-32-16-5-17-33-57)65(63(86-70)53-85-89(75,84-51-61-40-24-9-25-41-61)43-42-73-72(74)83-50-60-38-22-8-23-39-60)88-71-69(82-49-59-36-20-7-21-37-59)66(79-46-56-30-14-4-15-31-56)64(78-45-55-28-12-3-13-29-55)62(87-71)52-77-44-54-26-10-2-11-27-54/h2-41,62-71H,42-53H2,1H3,(H,73,74)/t62-,63-,64-,65-,66+,67+,68-,69+,70+,71-,89?/m1/s1. The SMILES string of the molecule is CO[C@H]1O[C@H](COP(=O)(CCNC(=O)OCc2ccccc2)OCc2ccccc2)[C@@H](O[C@H]2O[C@H](COCc3ccccc3)[C@@H](OCc3ccccc3)[C@H](OCc3ccccc3)[C@@H]2OCc2ccccc2)[C@H](OCc2ccccc2)[C@H]1OCc1ccccc1. The van der Waals surface area contributed by atoms with Crippen LogP contribution in [0.5, 0.6) is 0 Å². The zero-order valence-corrected chi connectivity index (χ0v) is 50.8. The number of nitrogens with one attached hydrogen (secondary N) is 1. The van der Waals surface area contributed by atoms with E-state index in [1.165, 1.54) is 7.11 Å². The third-order valence-electron chi connectivity index (χ3n) is 15.1. The number of ether oxygens (including phenoxy) is 11. The second-order valence-corrected chi connectivity index (χ2v) is 23.8. The predicted molar refractivity (Wildman–Crippen MR) is 335 cm³/mol. The average molecular weight is 1230 g/mol. The first kappa shape index (κ1) is 64.8. The number of carbonyl (C=O) groups is 1. The van der Waals surface area contributed by atoms with Crippen LogP contribution in [0.25, 0.3) is 0 Å². The third-order valence-corrected chi connectivity index (χ3v) is 16.9. The minimum atomic E-state index is -4.16. The van der Waals surface area contributed by atoms with Crippen LogP contribution in [0.3, 0.4) is 0 Å². The van der Waals surface area contributed by atoms with Crippen molar-refractivity contribution in [2.45, 2.75) is 114 Å². The molecule has 0 aromatic heterocycles. The molecule has 89 heavy (non-hydrogen) atoms. The molecule has 1 unspecified atom stereocenters. The van der Waals surface area contributed by atoms with Crippen LogP contribution in [-0.2, 0) is 119 Å². The molecule has 0 radical (unpaired) electrons. The van der Waals surface area contributed by atoms with Gasteiger partial charge in [0.05, 0.1) is 65.6 Å². The van der Waals surface area contributed by atoms with Gasteiger partial charge in [-0.1, -0.05) is 243 Å². The summed E-state index contributed by atoms with van der Waals surface area (Å²) in [5.41, 5.74) is 7.05. The number of hydrogen-bond acceptors (Lipinski definition) is 15. The lowest BCUT2D eigenvalue weighted by Crippen LogP contribution is -2.66. The molecule has 2 aliphatic heterocycles. The summed E-state index contributed by atoms with van der Waals surface area (Å²) >= 11 is 0.